The molecule has 8 aromatic rings. The van der Waals surface area contributed by atoms with Crippen LogP contribution in [0.15, 0.2) is 120 Å². The average Bonchev–Trinajstić information content (AvgIpc) is 3.74. The number of aromatic nitrogens is 4. The van der Waals surface area contributed by atoms with Crippen molar-refractivity contribution in [2.75, 3.05) is 0 Å². The van der Waals surface area contributed by atoms with Crippen molar-refractivity contribution in [2.45, 2.75) is 62.7 Å². The zero-order chi connectivity index (χ0) is 35.7. The third-order valence-electron chi connectivity index (χ3n) is 10.3. The Morgan fingerprint density at radius 3 is 2.34 bits per heavy atom. The molecule has 0 unspecified atom stereocenters. The normalized spacial score (nSPS) is 13.5. The molecular weight excluding hydrogens is 889 g/mol. The van der Waals surface area contributed by atoms with Crippen molar-refractivity contribution in [1.29, 1.82) is 0 Å². The number of nitrogens with zero attached hydrogens (tertiary/aromatic N) is 4. The maximum atomic E-state index is 6.21. The Hall–Kier alpha value is -4.36. The van der Waals surface area contributed by atoms with Crippen LogP contribution in [0.4, 0.5) is 0 Å². The van der Waals surface area contributed by atoms with Crippen LogP contribution in [0.2, 0.25) is 17.3 Å². The van der Waals surface area contributed by atoms with Crippen molar-refractivity contribution in [3.8, 4) is 28.3 Å². The van der Waals surface area contributed by atoms with Gasteiger partial charge in [0.05, 0.1) is 22.4 Å². The van der Waals surface area contributed by atoms with Crippen LogP contribution in [-0.4, -0.2) is 32.8 Å². The van der Waals surface area contributed by atoms with E-state index in [0.29, 0.717) is 5.71 Å². The third kappa shape index (κ3) is 7.82. The molecule has 0 saturated heterocycles. The van der Waals surface area contributed by atoms with E-state index in [1.54, 1.807) is 9.96 Å². The molecule has 269 valence electrons. The van der Waals surface area contributed by atoms with E-state index >= 15 is 0 Å². The number of furan rings is 1. The van der Waals surface area contributed by atoms with E-state index < -0.39 is 13.3 Å². The van der Waals surface area contributed by atoms with Crippen molar-refractivity contribution < 1.29 is 24.5 Å². The van der Waals surface area contributed by atoms with Crippen molar-refractivity contribution in [1.82, 2.24) is 19.5 Å². The van der Waals surface area contributed by atoms with Gasteiger partial charge in [0.2, 0.25) is 5.71 Å². The predicted molar refractivity (Wildman–Crippen MR) is 217 cm³/mol. The molecule has 0 aliphatic heterocycles. The Bertz CT molecular complexity index is 2480. The zero-order valence-corrected chi connectivity index (χ0v) is 35.3. The fraction of sp³-hybridized carbons (Fsp3) is 0.239. The Kier molecular flexibility index (Phi) is 11.1. The monoisotopic (exact) mass is 935 g/mol. The van der Waals surface area contributed by atoms with Gasteiger partial charge in [0.25, 0.3) is 0 Å². The first kappa shape index (κ1) is 37.0. The molecule has 1 aliphatic rings. The molecule has 0 atom stereocenters. The van der Waals surface area contributed by atoms with Crippen molar-refractivity contribution >= 4 is 50.8 Å². The smallest absolute Gasteiger partial charge is 0 e. The second-order valence-corrected chi connectivity index (χ2v) is 25.6. The van der Waals surface area contributed by atoms with Gasteiger partial charge < -0.3 is 8.98 Å². The van der Waals surface area contributed by atoms with Gasteiger partial charge in [-0.1, -0.05) is 41.3 Å². The summed E-state index contributed by atoms with van der Waals surface area (Å²) in [4.78, 5) is 14.3. The first-order valence-corrected chi connectivity index (χ1v) is 25.9. The van der Waals surface area contributed by atoms with E-state index in [1.165, 1.54) is 38.5 Å². The minimum Gasteiger partial charge on any atom is 0 e. The number of aryl methyl sites for hydroxylation is 1. The van der Waals surface area contributed by atoms with Crippen LogP contribution >= 0.6 is 0 Å². The molecule has 0 spiro atoms. The van der Waals surface area contributed by atoms with E-state index in [4.69, 9.17) is 14.4 Å². The fourth-order valence-corrected chi connectivity index (χ4v) is 11.0. The van der Waals surface area contributed by atoms with E-state index in [9.17, 15) is 0 Å². The van der Waals surface area contributed by atoms with Gasteiger partial charge >= 0.3 is 144 Å². The molecule has 1 radical (unpaired) electrons. The van der Waals surface area contributed by atoms with E-state index in [1.807, 2.05) is 73.7 Å². The summed E-state index contributed by atoms with van der Waals surface area (Å²) in [6, 6.07) is 43.7. The van der Waals surface area contributed by atoms with E-state index in [-0.39, 0.29) is 20.1 Å². The van der Waals surface area contributed by atoms with Gasteiger partial charge in [-0.25, -0.2) is 4.98 Å². The SMILES string of the molecule is Cc1ccc2c(n1)oc1c(-c3nc4ccccc4n3-c3ccccc3)[c-]ccc12.[CH3][Ge]([CH3])([CH3])[c]1cnc(-c2[c-]cccc2)cc1CC1CCCCC1.[Ir]. The second kappa shape index (κ2) is 15.9. The number of para-hydroxylation sites is 3. The topological polar surface area (TPSA) is 56.7 Å². The van der Waals surface area contributed by atoms with Gasteiger partial charge in [-0.3, -0.25) is 4.98 Å². The summed E-state index contributed by atoms with van der Waals surface area (Å²) in [5.74, 6) is 9.13. The largest absolute Gasteiger partial charge is 0 e. The standard InChI is InChI=1S/C25H16N3O.C21H28GeN.Ir/c1-16-14-15-19-18-10-7-11-20(23(18)29-25(19)26-16)24-27-21-12-5-6-13-22(21)28(24)17-8-3-2-4-9-17;1-22(2,3)20-16-23-21(18-12-8-5-9-13-18)15-19(20)14-17-10-6-4-7-11-17;/h2-10,12-15H,1H3;5,8-9,12,15-17H,4,6-7,10-11,14H2,1-3H3;/q2*-1;. The Morgan fingerprint density at radius 1 is 0.792 bits per heavy atom. The molecule has 4 heterocycles. The summed E-state index contributed by atoms with van der Waals surface area (Å²) in [6.45, 7) is 1.97. The first-order valence-electron chi connectivity index (χ1n) is 18.5. The van der Waals surface area contributed by atoms with Crippen LogP contribution in [0, 0.1) is 25.0 Å². The zero-order valence-electron chi connectivity index (χ0n) is 30.8. The minimum atomic E-state index is -1.89. The third-order valence-corrected chi connectivity index (χ3v) is 14.6. The second-order valence-electron chi connectivity index (χ2n) is 15.1. The fourth-order valence-electron chi connectivity index (χ4n) is 7.66. The number of imidazole rings is 1. The molecule has 53 heavy (non-hydrogen) atoms. The van der Waals surface area contributed by atoms with Gasteiger partial charge in [-0.15, -0.1) is 18.2 Å². The van der Waals surface area contributed by atoms with Crippen LogP contribution in [0.1, 0.15) is 43.4 Å². The summed E-state index contributed by atoms with van der Waals surface area (Å²) in [5.41, 5.74) is 9.97. The Balaban J connectivity index is 0.000000166. The van der Waals surface area contributed by atoms with Crippen LogP contribution in [0.3, 0.4) is 0 Å². The molecule has 4 aromatic carbocycles. The molecule has 0 amide bonds. The number of fused-ring (bicyclic) bond motifs is 4. The van der Waals surface area contributed by atoms with Crippen LogP contribution in [0.5, 0.6) is 0 Å². The van der Waals surface area contributed by atoms with Crippen LogP contribution < -0.4 is 4.40 Å². The molecule has 9 rings (SSSR count). The van der Waals surface area contributed by atoms with Crippen LogP contribution in [0.25, 0.3) is 61.4 Å². The minimum absolute atomic E-state index is 0. The summed E-state index contributed by atoms with van der Waals surface area (Å²) >= 11 is -1.89. The molecule has 1 aliphatic carbocycles. The van der Waals surface area contributed by atoms with Crippen molar-refractivity contribution in [3.05, 3.63) is 139 Å². The number of hydrogen-bond donors (Lipinski definition) is 0. The van der Waals surface area contributed by atoms with Crippen molar-refractivity contribution in [3.63, 3.8) is 0 Å². The molecule has 7 heteroatoms. The predicted octanol–water partition coefficient (Wildman–Crippen LogP) is 11.3. The van der Waals surface area contributed by atoms with Crippen molar-refractivity contribution in [2.24, 2.45) is 5.92 Å². The van der Waals surface area contributed by atoms with Gasteiger partial charge in [-0.05, 0) is 43.3 Å². The van der Waals surface area contributed by atoms with E-state index in [0.717, 1.165) is 67.3 Å². The van der Waals surface area contributed by atoms with Crippen LogP contribution in [-0.2, 0) is 26.5 Å². The number of benzene rings is 4. The Labute approximate surface area is 328 Å². The molecule has 1 fully saturated rings. The summed E-state index contributed by atoms with van der Waals surface area (Å²) in [6.07, 6.45) is 10.5. The van der Waals surface area contributed by atoms with Gasteiger partial charge in [0.15, 0.2) is 0 Å². The molecular formula is C46H44GeIrN4O-2. The first-order chi connectivity index (χ1) is 25.3. The molecule has 0 N–H and O–H groups in total. The number of hydrogen-bond acceptors (Lipinski definition) is 4. The summed E-state index contributed by atoms with van der Waals surface area (Å²) in [7, 11) is 0. The average molecular weight is 934 g/mol. The molecule has 0 bridgehead atoms. The molecule has 5 nitrogen and oxygen atoms in total. The summed E-state index contributed by atoms with van der Waals surface area (Å²) in [5, 5.41) is 2.02. The quantitative estimate of drug-likeness (QED) is 0.123. The van der Waals surface area contributed by atoms with Gasteiger partial charge in [0, 0.05) is 36.9 Å². The van der Waals surface area contributed by atoms with Gasteiger partial charge in [-0.2, -0.15) is 0 Å². The maximum Gasteiger partial charge on any atom is 0 e. The molecule has 1 saturated carbocycles. The Morgan fingerprint density at radius 2 is 1.57 bits per heavy atom. The van der Waals surface area contributed by atoms with Gasteiger partial charge in [0.1, 0.15) is 0 Å². The maximum absolute atomic E-state index is 6.21. The number of pyridine rings is 2. The number of rotatable bonds is 6. The summed E-state index contributed by atoms with van der Waals surface area (Å²) < 4.78 is 9.96. The van der Waals surface area contributed by atoms with E-state index in [2.05, 4.69) is 87.6 Å². The molecule has 4 aromatic heterocycles.